The Morgan fingerprint density at radius 3 is 2.71 bits per heavy atom. The van der Waals surface area contributed by atoms with Crippen molar-refractivity contribution >= 4 is 34.9 Å². The molecule has 2 aromatic carbocycles. The molecule has 0 aliphatic rings. The van der Waals surface area contributed by atoms with E-state index in [-0.39, 0.29) is 12.2 Å². The monoisotopic (exact) mass is 325 g/mol. The van der Waals surface area contributed by atoms with E-state index in [9.17, 15) is 4.79 Å². The van der Waals surface area contributed by atoms with Gasteiger partial charge in [0.2, 0.25) is 0 Å². The minimum atomic E-state index is -0.553. The van der Waals surface area contributed by atoms with E-state index < -0.39 is 5.97 Å². The maximum atomic E-state index is 12.1. The van der Waals surface area contributed by atoms with Crippen LogP contribution >= 0.6 is 23.2 Å². The number of nitrogen functional groups attached to an aromatic ring is 1. The number of esters is 1. The summed E-state index contributed by atoms with van der Waals surface area (Å²) in [6, 6.07) is 9.90. The van der Waals surface area contributed by atoms with E-state index in [4.69, 9.17) is 38.4 Å². The summed E-state index contributed by atoms with van der Waals surface area (Å²) in [6.07, 6.45) is 0. The van der Waals surface area contributed by atoms with E-state index in [0.717, 1.165) is 0 Å². The number of methoxy groups -OCH3 is 1. The third-order valence-electron chi connectivity index (χ3n) is 2.87. The van der Waals surface area contributed by atoms with Crippen molar-refractivity contribution in [3.8, 4) is 5.75 Å². The summed E-state index contributed by atoms with van der Waals surface area (Å²) < 4.78 is 10.3. The van der Waals surface area contributed by atoms with Gasteiger partial charge in [-0.3, -0.25) is 0 Å². The second-order valence-electron chi connectivity index (χ2n) is 4.24. The summed E-state index contributed by atoms with van der Waals surface area (Å²) >= 11 is 11.9. The normalized spacial score (nSPS) is 10.2. The maximum Gasteiger partial charge on any atom is 0.340 e. The molecule has 4 nitrogen and oxygen atoms in total. The SMILES string of the molecule is COc1ccc(N)c(C(=O)OCc2cccc(Cl)c2Cl)c1. The Kier molecular flexibility index (Phi) is 4.94. The molecule has 0 unspecified atom stereocenters. The minimum absolute atomic E-state index is 0.00881. The van der Waals surface area contributed by atoms with Crippen molar-refractivity contribution in [2.75, 3.05) is 12.8 Å². The van der Waals surface area contributed by atoms with Crippen molar-refractivity contribution < 1.29 is 14.3 Å². The number of carbonyl (C=O) groups excluding carboxylic acids is 1. The van der Waals surface area contributed by atoms with Gasteiger partial charge in [0.25, 0.3) is 0 Å². The lowest BCUT2D eigenvalue weighted by atomic mass is 10.1. The van der Waals surface area contributed by atoms with Crippen LogP contribution in [-0.4, -0.2) is 13.1 Å². The van der Waals surface area contributed by atoms with Gasteiger partial charge in [0, 0.05) is 11.3 Å². The molecule has 0 amide bonds. The first kappa shape index (κ1) is 15.5. The molecule has 0 spiro atoms. The zero-order valence-corrected chi connectivity index (χ0v) is 12.7. The molecule has 0 fully saturated rings. The second kappa shape index (κ2) is 6.70. The van der Waals surface area contributed by atoms with Crippen LogP contribution in [0.4, 0.5) is 5.69 Å². The number of ether oxygens (including phenoxy) is 2. The van der Waals surface area contributed by atoms with Crippen LogP contribution in [0.1, 0.15) is 15.9 Å². The van der Waals surface area contributed by atoms with Crippen molar-refractivity contribution in [1.82, 2.24) is 0 Å². The van der Waals surface area contributed by atoms with Crippen LogP contribution < -0.4 is 10.5 Å². The minimum Gasteiger partial charge on any atom is -0.497 e. The third kappa shape index (κ3) is 3.60. The Hall–Kier alpha value is -1.91. The number of carbonyl (C=O) groups is 1. The molecule has 0 bridgehead atoms. The summed E-state index contributed by atoms with van der Waals surface area (Å²) in [6.45, 7) is 0.00881. The molecule has 0 aromatic heterocycles. The fraction of sp³-hybridized carbons (Fsp3) is 0.133. The highest BCUT2D eigenvalue weighted by molar-refractivity contribution is 6.42. The second-order valence-corrected chi connectivity index (χ2v) is 5.03. The number of nitrogens with two attached hydrogens (primary N) is 1. The van der Waals surface area contributed by atoms with Crippen molar-refractivity contribution in [3.63, 3.8) is 0 Å². The molecular weight excluding hydrogens is 313 g/mol. The zero-order chi connectivity index (χ0) is 15.4. The van der Waals surface area contributed by atoms with Gasteiger partial charge in [0.05, 0.1) is 22.7 Å². The average molecular weight is 326 g/mol. The Morgan fingerprint density at radius 1 is 1.24 bits per heavy atom. The molecule has 0 aliphatic heterocycles. The van der Waals surface area contributed by atoms with Gasteiger partial charge in [-0.1, -0.05) is 35.3 Å². The van der Waals surface area contributed by atoms with Gasteiger partial charge in [-0.05, 0) is 24.3 Å². The van der Waals surface area contributed by atoms with Crippen molar-refractivity contribution in [1.29, 1.82) is 0 Å². The number of hydrogen-bond donors (Lipinski definition) is 1. The van der Waals surface area contributed by atoms with Crippen LogP contribution in [-0.2, 0) is 11.3 Å². The molecule has 2 N–H and O–H groups in total. The number of rotatable bonds is 4. The molecule has 110 valence electrons. The molecule has 0 saturated heterocycles. The van der Waals surface area contributed by atoms with E-state index >= 15 is 0 Å². The van der Waals surface area contributed by atoms with Gasteiger partial charge in [0.1, 0.15) is 12.4 Å². The van der Waals surface area contributed by atoms with E-state index in [1.54, 1.807) is 30.3 Å². The van der Waals surface area contributed by atoms with Crippen molar-refractivity contribution in [2.24, 2.45) is 0 Å². The fourth-order valence-corrected chi connectivity index (χ4v) is 2.09. The highest BCUT2D eigenvalue weighted by Crippen LogP contribution is 2.27. The predicted molar refractivity (Wildman–Crippen MR) is 83.0 cm³/mol. The van der Waals surface area contributed by atoms with Gasteiger partial charge >= 0.3 is 5.97 Å². The Labute approximate surface area is 132 Å². The van der Waals surface area contributed by atoms with Crippen LogP contribution in [0.5, 0.6) is 5.75 Å². The van der Waals surface area contributed by atoms with Crippen LogP contribution in [0, 0.1) is 0 Å². The standard InChI is InChI=1S/C15H13Cl2NO3/c1-20-10-5-6-13(18)11(7-10)15(19)21-8-9-3-2-4-12(16)14(9)17/h2-7H,8,18H2,1H3. The quantitative estimate of drug-likeness (QED) is 0.683. The molecule has 2 rings (SSSR count). The number of halogens is 2. The number of benzene rings is 2. The molecule has 0 atom stereocenters. The summed E-state index contributed by atoms with van der Waals surface area (Å²) in [5.74, 6) is -0.0284. The first-order chi connectivity index (χ1) is 10.0. The van der Waals surface area contributed by atoms with Gasteiger partial charge in [0.15, 0.2) is 0 Å². The largest absolute Gasteiger partial charge is 0.497 e. The predicted octanol–water partition coefficient (Wildman–Crippen LogP) is 3.94. The lowest BCUT2D eigenvalue weighted by Crippen LogP contribution is -2.08. The molecule has 0 heterocycles. The van der Waals surface area contributed by atoms with Gasteiger partial charge in [-0.2, -0.15) is 0 Å². The summed E-state index contributed by atoms with van der Waals surface area (Å²) in [4.78, 5) is 12.1. The average Bonchev–Trinajstić information content (AvgIpc) is 2.49. The first-order valence-corrected chi connectivity index (χ1v) is 6.82. The van der Waals surface area contributed by atoms with Gasteiger partial charge in [-0.15, -0.1) is 0 Å². The molecule has 0 saturated carbocycles. The smallest absolute Gasteiger partial charge is 0.340 e. The van der Waals surface area contributed by atoms with Crippen molar-refractivity contribution in [3.05, 3.63) is 57.6 Å². The molecular formula is C15H13Cl2NO3. The fourth-order valence-electron chi connectivity index (χ4n) is 1.72. The Morgan fingerprint density at radius 2 is 2.00 bits per heavy atom. The van der Waals surface area contributed by atoms with Crippen LogP contribution in [0.25, 0.3) is 0 Å². The molecule has 21 heavy (non-hydrogen) atoms. The highest BCUT2D eigenvalue weighted by Gasteiger charge is 2.14. The van der Waals surface area contributed by atoms with Crippen LogP contribution in [0.15, 0.2) is 36.4 Å². The van der Waals surface area contributed by atoms with Crippen LogP contribution in [0.2, 0.25) is 10.0 Å². The van der Waals surface area contributed by atoms with E-state index in [1.807, 2.05) is 0 Å². The third-order valence-corrected chi connectivity index (χ3v) is 3.73. The lowest BCUT2D eigenvalue weighted by molar-refractivity contribution is 0.0474. The zero-order valence-electron chi connectivity index (χ0n) is 11.2. The lowest BCUT2D eigenvalue weighted by Gasteiger charge is -2.10. The molecule has 2 aromatic rings. The van der Waals surface area contributed by atoms with E-state index in [2.05, 4.69) is 0 Å². The number of hydrogen-bond acceptors (Lipinski definition) is 4. The summed E-state index contributed by atoms with van der Waals surface area (Å²) in [5.41, 5.74) is 6.95. The molecule has 0 radical (unpaired) electrons. The Bertz CT molecular complexity index is 674. The molecule has 6 heteroatoms. The van der Waals surface area contributed by atoms with E-state index in [1.165, 1.54) is 13.2 Å². The topological polar surface area (TPSA) is 61.5 Å². The van der Waals surface area contributed by atoms with Gasteiger partial charge < -0.3 is 15.2 Å². The van der Waals surface area contributed by atoms with Crippen LogP contribution in [0.3, 0.4) is 0 Å². The number of anilines is 1. The first-order valence-electron chi connectivity index (χ1n) is 6.06. The van der Waals surface area contributed by atoms with E-state index in [0.29, 0.717) is 27.0 Å². The summed E-state index contributed by atoms with van der Waals surface area (Å²) in [7, 11) is 1.51. The van der Waals surface area contributed by atoms with Crippen molar-refractivity contribution in [2.45, 2.75) is 6.61 Å². The Balaban J connectivity index is 2.13. The highest BCUT2D eigenvalue weighted by atomic mass is 35.5. The molecule has 0 aliphatic carbocycles. The maximum absolute atomic E-state index is 12.1. The summed E-state index contributed by atoms with van der Waals surface area (Å²) in [5, 5.41) is 0.775. The van der Waals surface area contributed by atoms with Gasteiger partial charge in [-0.25, -0.2) is 4.79 Å².